The van der Waals surface area contributed by atoms with Gasteiger partial charge < -0.3 is 9.47 Å². The predicted molar refractivity (Wildman–Crippen MR) is 37.3 cm³/mol. The SMILES string of the molecule is FC(F)=C(F)OC(Cl)(Cl)OC(F)=C(F)F. The fraction of sp³-hybridized carbons (Fsp3) is 0.200. The van der Waals surface area contributed by atoms with Crippen LogP contribution in [0.1, 0.15) is 0 Å². The monoisotopic (exact) mass is 276 g/mol. The van der Waals surface area contributed by atoms with Crippen LogP contribution in [0.5, 0.6) is 0 Å². The first kappa shape index (κ1) is 14.2. The molecule has 2 nitrogen and oxygen atoms in total. The van der Waals surface area contributed by atoms with Crippen LogP contribution in [0.2, 0.25) is 0 Å². The Morgan fingerprint density at radius 3 is 1.20 bits per heavy atom. The number of rotatable bonds is 4. The number of ether oxygens (including phenoxy) is 2. The van der Waals surface area contributed by atoms with E-state index in [9.17, 15) is 26.3 Å². The third kappa shape index (κ3) is 5.63. The first-order valence-electron chi connectivity index (χ1n) is 2.83. The van der Waals surface area contributed by atoms with Crippen molar-refractivity contribution in [3.8, 4) is 0 Å². The van der Waals surface area contributed by atoms with Crippen molar-refractivity contribution in [3.05, 3.63) is 24.2 Å². The van der Waals surface area contributed by atoms with Crippen molar-refractivity contribution in [2.45, 2.75) is 4.71 Å². The van der Waals surface area contributed by atoms with Crippen LogP contribution in [-0.4, -0.2) is 4.71 Å². The molecule has 0 atom stereocenters. The molecule has 0 amide bonds. The maximum atomic E-state index is 12.0. The molecule has 0 N–H and O–H groups in total. The Morgan fingerprint density at radius 1 is 0.733 bits per heavy atom. The molecule has 0 fully saturated rings. The van der Waals surface area contributed by atoms with Gasteiger partial charge in [0, 0.05) is 0 Å². The number of halogens is 8. The first-order chi connectivity index (χ1) is 6.65. The number of hydrogen-bond donors (Lipinski definition) is 0. The van der Waals surface area contributed by atoms with Gasteiger partial charge in [-0.15, -0.1) is 0 Å². The summed E-state index contributed by atoms with van der Waals surface area (Å²) < 4.78 is 72.8. The molecule has 0 aliphatic heterocycles. The van der Waals surface area contributed by atoms with Gasteiger partial charge in [0.15, 0.2) is 0 Å². The van der Waals surface area contributed by atoms with Gasteiger partial charge in [-0.25, -0.2) is 0 Å². The lowest BCUT2D eigenvalue weighted by Crippen LogP contribution is -2.20. The largest absolute Gasteiger partial charge is 0.423 e. The summed E-state index contributed by atoms with van der Waals surface area (Å²) in [6, 6.07) is -5.18. The molecule has 0 aliphatic carbocycles. The van der Waals surface area contributed by atoms with Crippen LogP contribution in [0.4, 0.5) is 26.3 Å². The molecular formula is C5Cl2F6O2. The quantitative estimate of drug-likeness (QED) is 0.332. The highest BCUT2D eigenvalue weighted by Crippen LogP contribution is 2.33. The van der Waals surface area contributed by atoms with E-state index in [4.69, 9.17) is 23.2 Å². The lowest BCUT2D eigenvalue weighted by Gasteiger charge is -2.18. The minimum absolute atomic E-state index is 2.59. The van der Waals surface area contributed by atoms with Crippen LogP contribution in [0.15, 0.2) is 24.2 Å². The fourth-order valence-electron chi connectivity index (χ4n) is 0.307. The molecule has 0 aliphatic rings. The van der Waals surface area contributed by atoms with Gasteiger partial charge in [-0.3, -0.25) is 0 Å². The van der Waals surface area contributed by atoms with E-state index in [1.54, 1.807) is 0 Å². The van der Waals surface area contributed by atoms with Gasteiger partial charge in [0.2, 0.25) is 0 Å². The molecule has 0 radical (unpaired) electrons. The van der Waals surface area contributed by atoms with Gasteiger partial charge in [-0.05, 0) is 23.2 Å². The molecule has 0 aromatic heterocycles. The van der Waals surface area contributed by atoms with Crippen molar-refractivity contribution in [3.63, 3.8) is 0 Å². The molecule has 0 spiro atoms. The summed E-state index contributed by atoms with van der Waals surface area (Å²) in [6.45, 7) is 0. The Balaban J connectivity index is 4.59. The Hall–Kier alpha value is -0.760. The highest BCUT2D eigenvalue weighted by Gasteiger charge is 2.34. The molecule has 0 unspecified atom stereocenters. The normalized spacial score (nSPS) is 10.7. The van der Waals surface area contributed by atoms with Gasteiger partial charge in [-0.2, -0.15) is 26.3 Å². The average Bonchev–Trinajstić information content (AvgIpc) is 2.01. The third-order valence-corrected chi connectivity index (χ3v) is 1.02. The van der Waals surface area contributed by atoms with Crippen LogP contribution in [0.25, 0.3) is 0 Å². The van der Waals surface area contributed by atoms with Crippen molar-refractivity contribution in [1.29, 1.82) is 0 Å². The van der Waals surface area contributed by atoms with Crippen LogP contribution >= 0.6 is 23.2 Å². The third-order valence-electron chi connectivity index (χ3n) is 0.714. The maximum Gasteiger partial charge on any atom is 0.423 e. The van der Waals surface area contributed by atoms with Gasteiger partial charge in [0.1, 0.15) is 0 Å². The Kier molecular flexibility index (Phi) is 5.09. The Bertz CT molecular complexity index is 266. The summed E-state index contributed by atoms with van der Waals surface area (Å²) >= 11 is 9.44. The summed E-state index contributed by atoms with van der Waals surface area (Å²) in [6.07, 6.45) is -5.95. The van der Waals surface area contributed by atoms with Crippen molar-refractivity contribution in [2.24, 2.45) is 0 Å². The number of alkyl halides is 2. The van der Waals surface area contributed by atoms with Crippen molar-refractivity contribution >= 4 is 23.2 Å². The smallest absolute Gasteiger partial charge is 0.397 e. The van der Waals surface area contributed by atoms with E-state index in [2.05, 4.69) is 9.47 Å². The highest BCUT2D eigenvalue weighted by molar-refractivity contribution is 6.46. The summed E-state index contributed by atoms with van der Waals surface area (Å²) in [5.41, 5.74) is 0. The van der Waals surface area contributed by atoms with Crippen molar-refractivity contribution < 1.29 is 35.8 Å². The van der Waals surface area contributed by atoms with Crippen LogP contribution in [-0.2, 0) is 9.47 Å². The molecule has 0 aromatic carbocycles. The van der Waals surface area contributed by atoms with Crippen LogP contribution in [0, 0.1) is 0 Å². The predicted octanol–water partition coefficient (Wildman–Crippen LogP) is 4.18. The zero-order chi connectivity index (χ0) is 12.2. The van der Waals surface area contributed by atoms with Crippen LogP contribution in [0.3, 0.4) is 0 Å². The second-order valence-corrected chi connectivity index (χ2v) is 2.92. The summed E-state index contributed by atoms with van der Waals surface area (Å²) in [5.74, 6) is 0. The summed E-state index contributed by atoms with van der Waals surface area (Å²) in [4.78, 5) is 0. The fourth-order valence-corrected chi connectivity index (χ4v) is 0.578. The Morgan fingerprint density at radius 2 is 1.00 bits per heavy atom. The molecule has 88 valence electrons. The summed E-state index contributed by atoms with van der Waals surface area (Å²) in [5, 5.41) is 0. The average molecular weight is 277 g/mol. The molecular weight excluding hydrogens is 277 g/mol. The number of hydrogen-bond acceptors (Lipinski definition) is 2. The minimum atomic E-state index is -3.37. The maximum absolute atomic E-state index is 12.0. The van der Waals surface area contributed by atoms with E-state index in [-0.39, 0.29) is 0 Å². The molecule has 0 rings (SSSR count). The minimum Gasteiger partial charge on any atom is -0.397 e. The van der Waals surface area contributed by atoms with Gasteiger partial charge >= 0.3 is 28.9 Å². The molecule has 0 heterocycles. The summed E-state index contributed by atoms with van der Waals surface area (Å²) in [7, 11) is 0. The molecule has 15 heavy (non-hydrogen) atoms. The van der Waals surface area contributed by atoms with E-state index in [0.29, 0.717) is 0 Å². The molecule has 0 saturated carbocycles. The zero-order valence-electron chi connectivity index (χ0n) is 6.34. The van der Waals surface area contributed by atoms with Gasteiger partial charge in [-0.1, -0.05) is 0 Å². The van der Waals surface area contributed by atoms with Crippen molar-refractivity contribution in [2.75, 3.05) is 0 Å². The van der Waals surface area contributed by atoms with E-state index in [1.165, 1.54) is 0 Å². The molecule has 10 heteroatoms. The lowest BCUT2D eigenvalue weighted by atomic mass is 10.9. The van der Waals surface area contributed by atoms with Crippen molar-refractivity contribution in [1.82, 2.24) is 0 Å². The molecule has 0 aromatic rings. The standard InChI is InChI=1S/C5Cl2F6O2/c6-5(7,14-3(12)1(8)9)15-4(13)2(10)11. The van der Waals surface area contributed by atoms with E-state index >= 15 is 0 Å². The second-order valence-electron chi connectivity index (χ2n) is 1.74. The Labute approximate surface area is 88.6 Å². The highest BCUT2D eigenvalue weighted by atomic mass is 35.5. The van der Waals surface area contributed by atoms with E-state index in [1.807, 2.05) is 0 Å². The lowest BCUT2D eigenvalue weighted by molar-refractivity contribution is -0.106. The van der Waals surface area contributed by atoms with E-state index in [0.717, 1.165) is 0 Å². The van der Waals surface area contributed by atoms with Gasteiger partial charge in [0.25, 0.3) is 0 Å². The second kappa shape index (κ2) is 5.36. The first-order valence-corrected chi connectivity index (χ1v) is 3.58. The molecule has 0 saturated heterocycles. The zero-order valence-corrected chi connectivity index (χ0v) is 7.85. The topological polar surface area (TPSA) is 18.5 Å². The van der Waals surface area contributed by atoms with Crippen LogP contribution < -0.4 is 0 Å². The van der Waals surface area contributed by atoms with E-state index < -0.39 is 28.9 Å². The molecule has 0 bridgehead atoms. The van der Waals surface area contributed by atoms with Gasteiger partial charge in [0.05, 0.1) is 0 Å².